The van der Waals surface area contributed by atoms with Crippen molar-refractivity contribution >= 4 is 81.5 Å². The van der Waals surface area contributed by atoms with Crippen molar-refractivity contribution in [2.75, 3.05) is 24.6 Å². The number of aromatic hydroxyl groups is 1. The number of rotatable bonds is 7. The van der Waals surface area contributed by atoms with Crippen LogP contribution in [0.2, 0.25) is 20.1 Å². The average molecular weight is 876 g/mol. The Morgan fingerprint density at radius 2 is 1.57 bits per heavy atom. The first kappa shape index (κ1) is 39.8. The summed E-state index contributed by atoms with van der Waals surface area (Å²) in [5, 5.41) is 14.5. The summed E-state index contributed by atoms with van der Waals surface area (Å²) in [4.78, 5) is 62.8. The first-order valence-corrected chi connectivity index (χ1v) is 19.3. The summed E-state index contributed by atoms with van der Waals surface area (Å²) in [6, 6.07) is 17.0. The number of anilines is 2. The van der Waals surface area contributed by atoms with Crippen molar-refractivity contribution in [2.45, 2.75) is 30.4 Å². The topological polar surface area (TPSA) is 132 Å². The van der Waals surface area contributed by atoms with E-state index in [-0.39, 0.29) is 44.9 Å². The Hall–Kier alpha value is -5.02. The van der Waals surface area contributed by atoms with Gasteiger partial charge in [0.2, 0.25) is 0 Å². The number of amides is 4. The standard InChI is InChI=1S/C40H30Cl4F3N5O6/c1-50(34-27(43)11-14-31(48-34)40(45,46)47)52-35(54)23-10-9-22-24(32(23)37(52)56)17-26-36(55)51(49-29-12-5-20(42)16-28(29)44)38(57)39(26,18-3-7-21(58-2)8-4-18)33(22)25-15-19(41)6-13-30(25)53/h3-9,11-16,23-24,26,32-33,49,53H,10,17H2,1-2H3/t23-,24+,26-,32-,33+,39+/m0/s1. The van der Waals surface area contributed by atoms with Gasteiger partial charge in [0, 0.05) is 28.6 Å². The summed E-state index contributed by atoms with van der Waals surface area (Å²) >= 11 is 25.5. The second-order valence-corrected chi connectivity index (χ2v) is 16.1. The Morgan fingerprint density at radius 3 is 2.24 bits per heavy atom. The molecule has 11 nitrogen and oxygen atoms in total. The minimum atomic E-state index is -4.85. The normalized spacial score (nSPS) is 25.3. The molecule has 2 saturated heterocycles. The van der Waals surface area contributed by atoms with Gasteiger partial charge >= 0.3 is 6.18 Å². The Labute approximate surface area is 348 Å². The molecule has 0 bridgehead atoms. The largest absolute Gasteiger partial charge is 0.508 e. The first-order chi connectivity index (χ1) is 27.5. The van der Waals surface area contributed by atoms with Crippen LogP contribution in [0.3, 0.4) is 0 Å². The minimum absolute atomic E-state index is 0.0269. The summed E-state index contributed by atoms with van der Waals surface area (Å²) < 4.78 is 46.5. The van der Waals surface area contributed by atoms with Crippen LogP contribution in [0.1, 0.15) is 35.6 Å². The van der Waals surface area contributed by atoms with Crippen molar-refractivity contribution in [2.24, 2.45) is 23.7 Å². The van der Waals surface area contributed by atoms with Gasteiger partial charge in [0.05, 0.1) is 46.0 Å². The summed E-state index contributed by atoms with van der Waals surface area (Å²) in [5.74, 6) is -8.58. The lowest BCUT2D eigenvalue weighted by Crippen LogP contribution is -2.53. The minimum Gasteiger partial charge on any atom is -0.508 e. The fourth-order valence-electron chi connectivity index (χ4n) is 9.13. The molecule has 58 heavy (non-hydrogen) atoms. The molecular weight excluding hydrogens is 845 g/mol. The van der Waals surface area contributed by atoms with Gasteiger partial charge < -0.3 is 9.84 Å². The molecule has 2 aliphatic heterocycles. The van der Waals surface area contributed by atoms with E-state index in [1.807, 2.05) is 0 Å². The van der Waals surface area contributed by atoms with Gasteiger partial charge in [-0.3, -0.25) is 29.6 Å². The van der Waals surface area contributed by atoms with Gasteiger partial charge in [0.15, 0.2) is 5.82 Å². The number of benzene rings is 3. The number of ether oxygens (including phenoxy) is 1. The monoisotopic (exact) mass is 873 g/mol. The van der Waals surface area contributed by atoms with Gasteiger partial charge in [-0.25, -0.2) is 4.98 Å². The van der Waals surface area contributed by atoms with Crippen molar-refractivity contribution in [3.05, 3.63) is 121 Å². The van der Waals surface area contributed by atoms with Gasteiger partial charge in [0.1, 0.15) is 17.2 Å². The molecule has 2 N–H and O–H groups in total. The second-order valence-electron chi connectivity index (χ2n) is 14.4. The maximum absolute atomic E-state index is 15.4. The van der Waals surface area contributed by atoms with E-state index in [2.05, 4.69) is 10.4 Å². The van der Waals surface area contributed by atoms with Crippen LogP contribution in [0, 0.1) is 23.7 Å². The molecule has 2 aliphatic carbocycles. The van der Waals surface area contributed by atoms with E-state index in [9.17, 15) is 32.7 Å². The van der Waals surface area contributed by atoms with Crippen LogP contribution in [-0.4, -0.2) is 57.9 Å². The van der Waals surface area contributed by atoms with Crippen LogP contribution in [-0.2, 0) is 30.8 Å². The highest BCUT2D eigenvalue weighted by Crippen LogP contribution is 2.65. The lowest BCUT2D eigenvalue weighted by atomic mass is 9.49. The third kappa shape index (κ3) is 6.06. The third-order valence-electron chi connectivity index (χ3n) is 11.6. The number of fused-ring (bicyclic) bond motifs is 4. The number of phenols is 1. The summed E-state index contributed by atoms with van der Waals surface area (Å²) in [6.07, 6.45) is -3.27. The van der Waals surface area contributed by atoms with Crippen molar-refractivity contribution in [3.63, 3.8) is 0 Å². The number of imide groups is 2. The van der Waals surface area contributed by atoms with Crippen LogP contribution < -0.4 is 15.2 Å². The lowest BCUT2D eigenvalue weighted by molar-refractivity contribution is -0.142. The number of carbonyl (C=O) groups is 4. The van der Waals surface area contributed by atoms with Crippen LogP contribution >= 0.6 is 46.4 Å². The average Bonchev–Trinajstić information content (AvgIpc) is 3.56. The number of nitrogens with one attached hydrogen (secondary N) is 1. The quantitative estimate of drug-likeness (QED) is 0.139. The van der Waals surface area contributed by atoms with Gasteiger partial charge in [-0.15, -0.1) is 0 Å². The number of alkyl halides is 3. The molecule has 0 spiro atoms. The van der Waals surface area contributed by atoms with E-state index in [4.69, 9.17) is 51.1 Å². The molecule has 0 unspecified atom stereocenters. The smallest absolute Gasteiger partial charge is 0.433 e. The Balaban J connectivity index is 1.30. The number of allylic oxidation sites excluding steroid dienone is 2. The van der Waals surface area contributed by atoms with Crippen molar-refractivity contribution in [1.29, 1.82) is 0 Å². The zero-order chi connectivity index (χ0) is 41.6. The van der Waals surface area contributed by atoms with E-state index >= 15 is 4.79 Å². The van der Waals surface area contributed by atoms with E-state index in [0.717, 1.165) is 21.1 Å². The van der Waals surface area contributed by atoms with Crippen LogP contribution in [0.4, 0.5) is 24.7 Å². The molecule has 3 aromatic carbocycles. The third-order valence-corrected chi connectivity index (χ3v) is 12.7. The van der Waals surface area contributed by atoms with Gasteiger partial charge in [-0.1, -0.05) is 70.2 Å². The van der Waals surface area contributed by atoms with Crippen molar-refractivity contribution in [3.8, 4) is 11.5 Å². The molecular formula is C40H30Cl4F3N5O6. The molecule has 1 saturated carbocycles. The van der Waals surface area contributed by atoms with Gasteiger partial charge in [0.25, 0.3) is 23.6 Å². The Morgan fingerprint density at radius 1 is 0.879 bits per heavy atom. The van der Waals surface area contributed by atoms with E-state index in [0.29, 0.717) is 28.0 Å². The molecule has 0 radical (unpaired) electrons. The highest BCUT2D eigenvalue weighted by atomic mass is 35.5. The lowest BCUT2D eigenvalue weighted by Gasteiger charge is -2.50. The summed E-state index contributed by atoms with van der Waals surface area (Å²) in [6.45, 7) is 0. The molecule has 4 amide bonds. The highest BCUT2D eigenvalue weighted by Gasteiger charge is 2.71. The van der Waals surface area contributed by atoms with Crippen molar-refractivity contribution < 1.29 is 42.2 Å². The maximum atomic E-state index is 15.4. The number of carbonyl (C=O) groups excluding carboxylic acids is 4. The van der Waals surface area contributed by atoms with E-state index < -0.39 is 76.3 Å². The van der Waals surface area contributed by atoms with Crippen LogP contribution in [0.5, 0.6) is 11.5 Å². The number of hydrogen-bond acceptors (Lipinski definition) is 9. The molecule has 3 heterocycles. The first-order valence-electron chi connectivity index (χ1n) is 17.8. The number of phenolic OH excluding ortho intramolecular Hbond substituents is 1. The van der Waals surface area contributed by atoms with Crippen LogP contribution in [0.15, 0.2) is 84.4 Å². The molecule has 4 aromatic rings. The van der Waals surface area contributed by atoms with Gasteiger partial charge in [-0.2, -0.15) is 23.2 Å². The fourth-order valence-corrected chi connectivity index (χ4v) is 9.99. The summed E-state index contributed by atoms with van der Waals surface area (Å²) in [5.41, 5.74) is 1.05. The zero-order valence-corrected chi connectivity index (χ0v) is 33.3. The molecule has 300 valence electrons. The van der Waals surface area contributed by atoms with Crippen LogP contribution in [0.25, 0.3) is 0 Å². The zero-order valence-electron chi connectivity index (χ0n) is 30.2. The Bertz CT molecular complexity index is 2450. The molecule has 3 fully saturated rings. The predicted molar refractivity (Wildman–Crippen MR) is 208 cm³/mol. The van der Waals surface area contributed by atoms with E-state index in [1.54, 1.807) is 30.3 Å². The molecule has 1 aromatic heterocycles. The molecule has 4 aliphatic rings. The maximum Gasteiger partial charge on any atom is 0.433 e. The van der Waals surface area contributed by atoms with E-state index in [1.165, 1.54) is 50.6 Å². The number of halogens is 7. The number of nitrogens with zero attached hydrogens (tertiary/aromatic N) is 4. The SMILES string of the molecule is COc1ccc([C@@]23C(=O)N(Nc4ccc(Cl)cc4Cl)C(=O)[C@@H]2C[C@@H]2C(=CC[C@@H]4C(=O)N(N(C)c5nc(C(F)(F)F)ccc5Cl)C(=O)[C@@H]42)[C@@H]3c2cc(Cl)ccc2O)cc1. The van der Waals surface area contributed by atoms with Gasteiger partial charge in [-0.05, 0) is 85.0 Å². The predicted octanol–water partition coefficient (Wildman–Crippen LogP) is 8.46. The highest BCUT2D eigenvalue weighted by molar-refractivity contribution is 6.36. The number of hydrazine groups is 2. The second kappa shape index (κ2) is 14.4. The number of hydrogen-bond donors (Lipinski definition) is 2. The molecule has 6 atom stereocenters. The fraction of sp³-hybridized carbons (Fsp3) is 0.275. The summed E-state index contributed by atoms with van der Waals surface area (Å²) in [7, 11) is 2.68. The molecule has 18 heteroatoms. The molecule has 8 rings (SSSR count). The number of pyridine rings is 1. The number of aromatic nitrogens is 1. The number of methoxy groups -OCH3 is 1. The van der Waals surface area contributed by atoms with Crippen molar-refractivity contribution in [1.82, 2.24) is 15.0 Å². The Kier molecular flexibility index (Phi) is 9.85.